The highest BCUT2D eigenvalue weighted by molar-refractivity contribution is 6.15. The van der Waals surface area contributed by atoms with Crippen LogP contribution in [0.4, 0.5) is 14.9 Å². The predicted molar refractivity (Wildman–Crippen MR) is 92.7 cm³/mol. The molecule has 2 heterocycles. The minimum Gasteiger partial charge on any atom is -0.468 e. The van der Waals surface area contributed by atoms with E-state index in [1.54, 1.807) is 12.1 Å². The van der Waals surface area contributed by atoms with Crippen LogP contribution in [-0.2, 0) is 14.3 Å². The number of nitrogens with zero attached hydrogens (tertiary/aromatic N) is 2. The lowest BCUT2D eigenvalue weighted by molar-refractivity contribution is -0.143. The summed E-state index contributed by atoms with van der Waals surface area (Å²) in [4.78, 5) is 38.2. The normalized spacial score (nSPS) is 19.1. The minimum absolute atomic E-state index is 0.0801. The average molecular weight is 361 g/mol. The fourth-order valence-corrected chi connectivity index (χ4v) is 3.05. The molecule has 1 aromatic carbocycles. The first-order valence-corrected chi connectivity index (χ1v) is 8.45. The lowest BCUT2D eigenvalue weighted by atomic mass is 10.1. The number of urea groups is 1. The second kappa shape index (κ2) is 7.55. The second-order valence-corrected chi connectivity index (χ2v) is 6.21. The van der Waals surface area contributed by atoms with Gasteiger partial charge >= 0.3 is 12.0 Å². The number of carbonyl (C=O) groups is 3. The van der Waals surface area contributed by atoms with Crippen LogP contribution >= 0.6 is 0 Å². The number of esters is 1. The van der Waals surface area contributed by atoms with Crippen molar-refractivity contribution in [1.29, 1.82) is 0 Å². The molecular weight excluding hydrogens is 341 g/mol. The quantitative estimate of drug-likeness (QED) is 0.503. The highest BCUT2D eigenvalue weighted by Gasteiger charge is 2.35. The fourth-order valence-electron chi connectivity index (χ4n) is 3.05. The van der Waals surface area contributed by atoms with Gasteiger partial charge in [-0.25, -0.2) is 14.1 Å². The molecule has 0 spiro atoms. The van der Waals surface area contributed by atoms with Crippen molar-refractivity contribution in [2.75, 3.05) is 31.6 Å². The molecule has 3 rings (SSSR count). The van der Waals surface area contributed by atoms with Gasteiger partial charge in [0.1, 0.15) is 18.1 Å². The third-order valence-corrected chi connectivity index (χ3v) is 4.48. The molecule has 3 amide bonds. The Hall–Kier alpha value is -2.90. The maximum Gasteiger partial charge on any atom is 0.329 e. The van der Waals surface area contributed by atoms with Crippen LogP contribution in [0.3, 0.4) is 0 Å². The van der Waals surface area contributed by atoms with Gasteiger partial charge in [-0.2, -0.15) is 0 Å². The number of nitrogens with one attached hydrogen (secondary N) is 1. The standard InChI is InChI=1S/C18H20FN3O4/c1-26-16(23)11-22-17(24)15(20-18(22)25)9-12-5-6-13(10-14(12)19)21-7-3-2-4-8-21/h5-6,9-10H,2-4,7-8,11H2,1H3,(H,20,25)/b15-9+. The number of imide groups is 1. The number of benzene rings is 1. The summed E-state index contributed by atoms with van der Waals surface area (Å²) in [6.45, 7) is 1.31. The van der Waals surface area contributed by atoms with Gasteiger partial charge in [0.2, 0.25) is 0 Å². The number of ether oxygens (including phenoxy) is 1. The van der Waals surface area contributed by atoms with Gasteiger partial charge in [0.15, 0.2) is 0 Å². The third kappa shape index (κ3) is 3.68. The number of halogens is 1. The van der Waals surface area contributed by atoms with Crippen LogP contribution in [0.1, 0.15) is 24.8 Å². The van der Waals surface area contributed by atoms with E-state index in [-0.39, 0.29) is 11.3 Å². The van der Waals surface area contributed by atoms with Gasteiger partial charge in [-0.15, -0.1) is 0 Å². The third-order valence-electron chi connectivity index (χ3n) is 4.48. The van der Waals surface area contributed by atoms with Gasteiger partial charge in [-0.3, -0.25) is 9.59 Å². The smallest absolute Gasteiger partial charge is 0.329 e. The van der Waals surface area contributed by atoms with Gasteiger partial charge in [0.05, 0.1) is 7.11 Å². The Morgan fingerprint density at radius 2 is 2.00 bits per heavy atom. The Balaban J connectivity index is 1.78. The molecule has 2 saturated heterocycles. The summed E-state index contributed by atoms with van der Waals surface area (Å²) in [6, 6.07) is 4.07. The SMILES string of the molecule is COC(=O)CN1C(=O)N/C(=C/c2ccc(N3CCCCC3)cc2F)C1=O. The zero-order valence-corrected chi connectivity index (χ0v) is 14.5. The van der Waals surface area contributed by atoms with Gasteiger partial charge in [0, 0.05) is 24.3 Å². The van der Waals surface area contributed by atoms with Crippen LogP contribution < -0.4 is 10.2 Å². The number of carbonyl (C=O) groups excluding carboxylic acids is 3. The van der Waals surface area contributed by atoms with Crippen molar-refractivity contribution >= 4 is 29.7 Å². The summed E-state index contributed by atoms with van der Waals surface area (Å²) in [5.74, 6) is -1.89. The Morgan fingerprint density at radius 3 is 2.65 bits per heavy atom. The predicted octanol–water partition coefficient (Wildman–Crippen LogP) is 1.88. The van der Waals surface area contributed by atoms with Crippen LogP contribution in [0, 0.1) is 5.82 Å². The molecule has 7 nitrogen and oxygen atoms in total. The molecule has 138 valence electrons. The summed E-state index contributed by atoms with van der Waals surface area (Å²) in [6.07, 6.45) is 4.63. The van der Waals surface area contributed by atoms with E-state index in [4.69, 9.17) is 0 Å². The lowest BCUT2D eigenvalue weighted by Crippen LogP contribution is -2.36. The molecule has 0 aliphatic carbocycles. The summed E-state index contributed by atoms with van der Waals surface area (Å²) < 4.78 is 18.9. The van der Waals surface area contributed by atoms with Crippen molar-refractivity contribution in [3.63, 3.8) is 0 Å². The monoisotopic (exact) mass is 361 g/mol. The molecule has 2 aliphatic rings. The van der Waals surface area contributed by atoms with E-state index >= 15 is 0 Å². The highest BCUT2D eigenvalue weighted by atomic mass is 19.1. The van der Waals surface area contributed by atoms with E-state index in [9.17, 15) is 18.8 Å². The number of rotatable bonds is 4. The van der Waals surface area contributed by atoms with E-state index in [1.165, 1.54) is 18.6 Å². The highest BCUT2D eigenvalue weighted by Crippen LogP contribution is 2.24. The molecule has 2 aliphatic heterocycles. The molecule has 1 N–H and O–H groups in total. The summed E-state index contributed by atoms with van der Waals surface area (Å²) >= 11 is 0. The van der Waals surface area contributed by atoms with Crippen molar-refractivity contribution in [1.82, 2.24) is 10.2 Å². The second-order valence-electron chi connectivity index (χ2n) is 6.21. The maximum atomic E-state index is 14.5. The molecule has 0 unspecified atom stereocenters. The van der Waals surface area contributed by atoms with Crippen LogP contribution in [-0.4, -0.2) is 49.6 Å². The van der Waals surface area contributed by atoms with E-state index in [1.807, 2.05) is 0 Å². The topological polar surface area (TPSA) is 79.0 Å². The lowest BCUT2D eigenvalue weighted by Gasteiger charge is -2.28. The van der Waals surface area contributed by atoms with Crippen LogP contribution in [0.2, 0.25) is 0 Å². The number of amides is 3. The van der Waals surface area contributed by atoms with Crippen LogP contribution in [0.25, 0.3) is 6.08 Å². The molecule has 8 heteroatoms. The molecule has 0 atom stereocenters. The zero-order valence-electron chi connectivity index (χ0n) is 14.5. The molecule has 0 saturated carbocycles. The largest absolute Gasteiger partial charge is 0.468 e. The summed E-state index contributed by atoms with van der Waals surface area (Å²) in [7, 11) is 1.16. The van der Waals surface area contributed by atoms with E-state index < -0.39 is 30.3 Å². The number of hydrogen-bond donors (Lipinski definition) is 1. The van der Waals surface area contributed by atoms with Crippen molar-refractivity contribution in [3.8, 4) is 0 Å². The van der Waals surface area contributed by atoms with Gasteiger partial charge in [0.25, 0.3) is 5.91 Å². The Labute approximate surface area is 150 Å². The summed E-state index contributed by atoms with van der Waals surface area (Å²) in [5, 5.41) is 2.35. The number of piperidine rings is 1. The molecule has 0 bridgehead atoms. The van der Waals surface area contributed by atoms with Crippen molar-refractivity contribution in [3.05, 3.63) is 35.3 Å². The molecule has 0 radical (unpaired) electrons. The number of methoxy groups -OCH3 is 1. The maximum absolute atomic E-state index is 14.5. The Morgan fingerprint density at radius 1 is 1.27 bits per heavy atom. The molecular formula is C18H20FN3O4. The summed E-state index contributed by atoms with van der Waals surface area (Å²) in [5.41, 5.74) is 0.913. The molecule has 26 heavy (non-hydrogen) atoms. The fraction of sp³-hybridized carbons (Fsp3) is 0.389. The number of anilines is 1. The van der Waals surface area contributed by atoms with Gasteiger partial charge < -0.3 is 15.0 Å². The van der Waals surface area contributed by atoms with E-state index in [0.29, 0.717) is 0 Å². The molecule has 1 aromatic rings. The first-order chi connectivity index (χ1) is 12.5. The molecule has 2 fully saturated rings. The first kappa shape index (κ1) is 17.9. The Kier molecular flexibility index (Phi) is 5.20. The van der Waals surface area contributed by atoms with Gasteiger partial charge in [-0.05, 0) is 43.5 Å². The van der Waals surface area contributed by atoms with Crippen LogP contribution in [0.15, 0.2) is 23.9 Å². The number of hydrogen-bond acceptors (Lipinski definition) is 5. The Bertz CT molecular complexity index is 772. The zero-order chi connectivity index (χ0) is 18.7. The average Bonchev–Trinajstić information content (AvgIpc) is 2.91. The van der Waals surface area contributed by atoms with Crippen LogP contribution in [0.5, 0.6) is 0 Å². The minimum atomic E-state index is -0.739. The molecule has 0 aromatic heterocycles. The van der Waals surface area contributed by atoms with Gasteiger partial charge in [-0.1, -0.05) is 0 Å². The first-order valence-electron chi connectivity index (χ1n) is 8.45. The van der Waals surface area contributed by atoms with E-state index in [2.05, 4.69) is 15.0 Å². The van der Waals surface area contributed by atoms with Crippen molar-refractivity contribution in [2.24, 2.45) is 0 Å². The van der Waals surface area contributed by atoms with E-state index in [0.717, 1.165) is 43.6 Å². The van der Waals surface area contributed by atoms with Crippen molar-refractivity contribution in [2.45, 2.75) is 19.3 Å². The van der Waals surface area contributed by atoms with Crippen molar-refractivity contribution < 1.29 is 23.5 Å².